The summed E-state index contributed by atoms with van der Waals surface area (Å²) in [5, 5.41) is 0. The minimum atomic E-state index is -1.04. The second kappa shape index (κ2) is 19.4. The Morgan fingerprint density at radius 2 is 1.58 bits per heavy atom. The summed E-state index contributed by atoms with van der Waals surface area (Å²) in [6.45, 7) is 9.27. The predicted molar refractivity (Wildman–Crippen MR) is 142 cm³/mol. The lowest BCUT2D eigenvalue weighted by Crippen LogP contribution is -2.46. The second-order valence-corrected chi connectivity index (χ2v) is 8.28. The van der Waals surface area contributed by atoms with E-state index in [1.165, 1.54) is 14.2 Å². The van der Waals surface area contributed by atoms with Crippen molar-refractivity contribution < 1.29 is 47.4 Å². The van der Waals surface area contributed by atoms with Gasteiger partial charge in [0, 0.05) is 40.2 Å². The summed E-state index contributed by atoms with van der Waals surface area (Å²) < 4.78 is 50.1. The van der Waals surface area contributed by atoms with Crippen LogP contribution in [0.5, 0.6) is 11.5 Å². The minimum Gasteiger partial charge on any atom is -0.497 e. The lowest BCUT2D eigenvalue weighted by Gasteiger charge is -2.36. The normalized spacial score (nSPS) is 15.3. The maximum atomic E-state index is 11.8. The van der Waals surface area contributed by atoms with E-state index in [0.29, 0.717) is 18.6 Å². The van der Waals surface area contributed by atoms with Crippen LogP contribution in [0.1, 0.15) is 19.8 Å². The molecule has 0 saturated carbocycles. The number of benzene rings is 1. The summed E-state index contributed by atoms with van der Waals surface area (Å²) in [4.78, 5) is 11.8. The molecule has 214 valence electrons. The van der Waals surface area contributed by atoms with Crippen molar-refractivity contribution in [3.8, 4) is 11.5 Å². The van der Waals surface area contributed by atoms with Crippen LogP contribution in [-0.4, -0.2) is 85.3 Å². The number of ether oxygens (including phenoxy) is 9. The van der Waals surface area contributed by atoms with Crippen LogP contribution >= 0.6 is 0 Å². The Labute approximate surface area is 226 Å². The highest BCUT2D eigenvalue weighted by molar-refractivity contribution is 5.81. The first kappa shape index (κ1) is 33.3. The molecule has 0 unspecified atom stereocenters. The molecule has 0 spiro atoms. The third-order valence-electron chi connectivity index (χ3n) is 5.38. The van der Waals surface area contributed by atoms with Gasteiger partial charge in [-0.1, -0.05) is 18.7 Å². The summed E-state index contributed by atoms with van der Waals surface area (Å²) in [7, 11) is 6.19. The number of methoxy groups -OCH3 is 4. The molecule has 0 aliphatic rings. The van der Waals surface area contributed by atoms with E-state index in [-0.39, 0.29) is 27.0 Å². The number of hydrogen-bond donors (Lipinski definition) is 0. The van der Waals surface area contributed by atoms with Gasteiger partial charge in [-0.3, -0.25) is 0 Å². The van der Waals surface area contributed by atoms with Crippen molar-refractivity contribution in [1.29, 1.82) is 0 Å². The van der Waals surface area contributed by atoms with E-state index in [0.717, 1.165) is 11.8 Å². The van der Waals surface area contributed by atoms with Crippen LogP contribution in [0.25, 0.3) is 0 Å². The smallest absolute Gasteiger partial charge is 0.330 e. The SMILES string of the molecule is C=CC[C@H](C=C[C@@](C)(OCOC)[C@@H](C[C@H](COc1ccc(OC)cc1)OCOC)OCOC)OC(=O)C=C. The molecule has 0 aromatic heterocycles. The largest absolute Gasteiger partial charge is 0.497 e. The molecule has 0 aliphatic carbocycles. The summed E-state index contributed by atoms with van der Waals surface area (Å²) in [5.74, 6) is 0.835. The van der Waals surface area contributed by atoms with Gasteiger partial charge in [-0.2, -0.15) is 0 Å². The van der Waals surface area contributed by atoms with Crippen LogP contribution in [0.3, 0.4) is 0 Å². The van der Waals surface area contributed by atoms with Gasteiger partial charge in [-0.05, 0) is 37.3 Å². The van der Waals surface area contributed by atoms with E-state index in [2.05, 4.69) is 13.2 Å². The molecule has 10 nitrogen and oxygen atoms in total. The zero-order valence-corrected chi connectivity index (χ0v) is 23.1. The Bertz CT molecular complexity index is 825. The Morgan fingerprint density at radius 1 is 0.947 bits per heavy atom. The Kier molecular flexibility index (Phi) is 17.0. The molecule has 0 bridgehead atoms. The first-order valence-electron chi connectivity index (χ1n) is 12.1. The van der Waals surface area contributed by atoms with Gasteiger partial charge in [-0.25, -0.2) is 4.79 Å². The Morgan fingerprint density at radius 3 is 2.16 bits per heavy atom. The summed E-state index contributed by atoms with van der Waals surface area (Å²) in [6.07, 6.45) is 5.38. The van der Waals surface area contributed by atoms with Gasteiger partial charge >= 0.3 is 5.97 Å². The van der Waals surface area contributed by atoms with Crippen LogP contribution in [-0.2, 0) is 38.0 Å². The standard InChI is InChI=1S/C28H42O10/c1-8-10-24(38-27(29)9-2)15-16-28(3,37-21-32-6)26(36-20-31-5)17-25(35-19-30-4)18-34-23-13-11-22(33-7)12-14-23/h8-9,11-16,24-26H,1-2,10,17-21H2,3-7H3/t24-,25-,26-,28-/m1/s1. The maximum Gasteiger partial charge on any atom is 0.330 e. The average Bonchev–Trinajstić information content (AvgIpc) is 2.94. The third-order valence-corrected chi connectivity index (χ3v) is 5.38. The summed E-state index contributed by atoms with van der Waals surface area (Å²) in [6, 6.07) is 7.24. The van der Waals surface area contributed by atoms with Gasteiger partial charge in [0.25, 0.3) is 0 Å². The van der Waals surface area contributed by atoms with E-state index in [1.807, 2.05) is 31.2 Å². The van der Waals surface area contributed by atoms with Crippen molar-refractivity contribution in [2.24, 2.45) is 0 Å². The Balaban J connectivity index is 3.18. The molecule has 4 atom stereocenters. The number of carbonyl (C=O) groups excluding carboxylic acids is 1. The second-order valence-electron chi connectivity index (χ2n) is 8.28. The van der Waals surface area contributed by atoms with Crippen LogP contribution in [0.15, 0.2) is 61.7 Å². The van der Waals surface area contributed by atoms with Crippen molar-refractivity contribution in [2.45, 2.75) is 43.7 Å². The molecule has 0 heterocycles. The third kappa shape index (κ3) is 12.7. The molecule has 10 heteroatoms. The van der Waals surface area contributed by atoms with Crippen LogP contribution in [0, 0.1) is 0 Å². The summed E-state index contributed by atoms with van der Waals surface area (Å²) >= 11 is 0. The van der Waals surface area contributed by atoms with Gasteiger partial charge in [0.1, 0.15) is 50.2 Å². The zero-order chi connectivity index (χ0) is 28.2. The molecule has 0 fully saturated rings. The minimum absolute atomic E-state index is 0.00229. The zero-order valence-electron chi connectivity index (χ0n) is 23.1. The highest BCUT2D eigenvalue weighted by atomic mass is 16.7. The van der Waals surface area contributed by atoms with E-state index < -0.39 is 29.9 Å². The van der Waals surface area contributed by atoms with Crippen molar-refractivity contribution in [3.63, 3.8) is 0 Å². The summed E-state index contributed by atoms with van der Waals surface area (Å²) in [5.41, 5.74) is -1.04. The van der Waals surface area contributed by atoms with Gasteiger partial charge in [-0.15, -0.1) is 6.58 Å². The molecular formula is C28H42O10. The highest BCUT2D eigenvalue weighted by Crippen LogP contribution is 2.27. The van der Waals surface area contributed by atoms with Gasteiger partial charge in [0.2, 0.25) is 0 Å². The van der Waals surface area contributed by atoms with Gasteiger partial charge in [0.05, 0.1) is 19.3 Å². The number of rotatable bonds is 22. The molecular weight excluding hydrogens is 496 g/mol. The van der Waals surface area contributed by atoms with E-state index in [4.69, 9.17) is 42.6 Å². The van der Waals surface area contributed by atoms with E-state index in [1.54, 1.807) is 32.4 Å². The van der Waals surface area contributed by atoms with Crippen LogP contribution < -0.4 is 9.47 Å². The molecule has 0 saturated heterocycles. The topological polar surface area (TPSA) is 100 Å². The molecule has 0 amide bonds. The molecule has 1 aromatic rings. The highest BCUT2D eigenvalue weighted by Gasteiger charge is 2.37. The fourth-order valence-corrected chi connectivity index (χ4v) is 3.33. The fraction of sp³-hybridized carbons (Fsp3) is 0.536. The number of esters is 1. The molecule has 0 radical (unpaired) electrons. The monoisotopic (exact) mass is 538 g/mol. The molecule has 0 aliphatic heterocycles. The molecule has 0 N–H and O–H groups in total. The van der Waals surface area contributed by atoms with Crippen molar-refractivity contribution in [2.75, 3.05) is 55.4 Å². The van der Waals surface area contributed by atoms with Crippen molar-refractivity contribution in [3.05, 3.63) is 61.7 Å². The average molecular weight is 539 g/mol. The first-order valence-corrected chi connectivity index (χ1v) is 12.1. The lowest BCUT2D eigenvalue weighted by atomic mass is 9.92. The molecule has 1 aromatic carbocycles. The molecule has 38 heavy (non-hydrogen) atoms. The quantitative estimate of drug-likeness (QED) is 0.0930. The Hall–Kier alpha value is -2.73. The molecule has 1 rings (SSSR count). The first-order chi connectivity index (χ1) is 18.3. The van der Waals surface area contributed by atoms with Gasteiger partial charge in [0.15, 0.2) is 0 Å². The number of hydrogen-bond acceptors (Lipinski definition) is 10. The van der Waals surface area contributed by atoms with Crippen molar-refractivity contribution in [1.82, 2.24) is 0 Å². The van der Waals surface area contributed by atoms with E-state index in [9.17, 15) is 4.79 Å². The van der Waals surface area contributed by atoms with Crippen LogP contribution in [0.4, 0.5) is 0 Å². The van der Waals surface area contributed by atoms with Crippen molar-refractivity contribution >= 4 is 5.97 Å². The van der Waals surface area contributed by atoms with Crippen LogP contribution in [0.2, 0.25) is 0 Å². The predicted octanol–water partition coefficient (Wildman–Crippen LogP) is 4.05. The number of carbonyl (C=O) groups is 1. The lowest BCUT2D eigenvalue weighted by molar-refractivity contribution is -0.197. The van der Waals surface area contributed by atoms with E-state index >= 15 is 0 Å². The fourth-order valence-electron chi connectivity index (χ4n) is 3.33. The maximum absolute atomic E-state index is 11.8. The van der Waals surface area contributed by atoms with Gasteiger partial charge < -0.3 is 42.6 Å².